The Kier molecular flexibility index (Phi) is 4.37. The van der Waals surface area contributed by atoms with Gasteiger partial charge in [-0.05, 0) is 37.7 Å². The van der Waals surface area contributed by atoms with Crippen molar-refractivity contribution in [2.75, 3.05) is 6.61 Å². The van der Waals surface area contributed by atoms with Gasteiger partial charge in [-0.1, -0.05) is 30.3 Å². The van der Waals surface area contributed by atoms with Crippen molar-refractivity contribution in [3.8, 4) is 0 Å². The molecule has 1 aliphatic rings. The van der Waals surface area contributed by atoms with Crippen LogP contribution in [0.2, 0.25) is 0 Å². The Morgan fingerprint density at radius 2 is 2.00 bits per heavy atom. The predicted molar refractivity (Wildman–Crippen MR) is 71.1 cm³/mol. The van der Waals surface area contributed by atoms with Crippen LogP contribution in [-0.2, 0) is 16.0 Å². The number of hydrogen-bond donors (Lipinski definition) is 1. The lowest BCUT2D eigenvalue weighted by Gasteiger charge is -2.37. The molecule has 2 N–H and O–H groups in total. The Balaban J connectivity index is 1.59. The molecule has 0 aromatic heterocycles. The zero-order valence-corrected chi connectivity index (χ0v) is 10.7. The number of ether oxygens (including phenoxy) is 1. The van der Waals surface area contributed by atoms with E-state index in [9.17, 15) is 4.79 Å². The fourth-order valence-corrected chi connectivity index (χ4v) is 2.25. The Morgan fingerprint density at radius 3 is 2.61 bits per heavy atom. The molecular formula is C15H21NO2. The fourth-order valence-electron chi connectivity index (χ4n) is 2.25. The van der Waals surface area contributed by atoms with Crippen LogP contribution in [0, 0.1) is 0 Å². The molecule has 3 heteroatoms. The molecule has 0 atom stereocenters. The van der Waals surface area contributed by atoms with Crippen LogP contribution in [-0.4, -0.2) is 18.1 Å². The van der Waals surface area contributed by atoms with Gasteiger partial charge in [-0.15, -0.1) is 0 Å². The lowest BCUT2D eigenvalue weighted by atomic mass is 9.75. The van der Waals surface area contributed by atoms with E-state index < -0.39 is 0 Å². The molecular weight excluding hydrogens is 226 g/mol. The van der Waals surface area contributed by atoms with Crippen LogP contribution in [0.4, 0.5) is 0 Å². The maximum Gasteiger partial charge on any atom is 0.307 e. The highest BCUT2D eigenvalue weighted by atomic mass is 16.5. The van der Waals surface area contributed by atoms with E-state index >= 15 is 0 Å². The van der Waals surface area contributed by atoms with Crippen LogP contribution in [0.25, 0.3) is 0 Å². The lowest BCUT2D eigenvalue weighted by Crippen LogP contribution is -2.48. The molecule has 0 aliphatic heterocycles. The molecule has 0 radical (unpaired) electrons. The number of aryl methyl sites for hydroxylation is 1. The second kappa shape index (κ2) is 6.01. The van der Waals surface area contributed by atoms with Crippen LogP contribution in [0.1, 0.15) is 37.7 Å². The number of carbonyl (C=O) groups excluding carboxylic acids is 1. The van der Waals surface area contributed by atoms with Crippen molar-refractivity contribution in [2.24, 2.45) is 5.73 Å². The summed E-state index contributed by atoms with van der Waals surface area (Å²) in [6.07, 6.45) is 5.23. The molecule has 0 saturated heterocycles. The van der Waals surface area contributed by atoms with Gasteiger partial charge in [-0.3, -0.25) is 4.79 Å². The van der Waals surface area contributed by atoms with Crippen LogP contribution in [0.3, 0.4) is 0 Å². The van der Waals surface area contributed by atoms with Gasteiger partial charge >= 0.3 is 5.97 Å². The minimum atomic E-state index is -0.267. The zero-order valence-electron chi connectivity index (χ0n) is 10.7. The monoisotopic (exact) mass is 247 g/mol. The van der Waals surface area contributed by atoms with Gasteiger partial charge in [-0.25, -0.2) is 0 Å². The first kappa shape index (κ1) is 13.1. The summed E-state index contributed by atoms with van der Waals surface area (Å²) in [7, 11) is 0. The lowest BCUT2D eigenvalue weighted by molar-refractivity contribution is -0.146. The molecule has 1 aromatic rings. The molecule has 1 saturated carbocycles. The van der Waals surface area contributed by atoms with Crippen LogP contribution < -0.4 is 5.73 Å². The average molecular weight is 247 g/mol. The van der Waals surface area contributed by atoms with E-state index in [0.29, 0.717) is 13.0 Å². The van der Waals surface area contributed by atoms with Gasteiger partial charge < -0.3 is 10.5 Å². The third-order valence-electron chi connectivity index (χ3n) is 3.56. The molecule has 3 nitrogen and oxygen atoms in total. The molecule has 0 amide bonds. The van der Waals surface area contributed by atoms with Crippen LogP contribution >= 0.6 is 0 Å². The molecule has 1 aliphatic carbocycles. The Labute approximate surface area is 108 Å². The standard InChI is InChI=1S/C15H21NO2/c16-15(9-5-10-15)12-14(17)18-11-4-8-13-6-2-1-3-7-13/h1-3,6-7H,4-5,8-12,16H2. The van der Waals surface area contributed by atoms with E-state index in [4.69, 9.17) is 10.5 Å². The summed E-state index contributed by atoms with van der Waals surface area (Å²) in [4.78, 5) is 11.6. The van der Waals surface area contributed by atoms with Crippen molar-refractivity contribution < 1.29 is 9.53 Å². The molecule has 18 heavy (non-hydrogen) atoms. The topological polar surface area (TPSA) is 52.3 Å². The van der Waals surface area contributed by atoms with Gasteiger partial charge in [0.15, 0.2) is 0 Å². The first-order valence-electron chi connectivity index (χ1n) is 6.66. The van der Waals surface area contributed by atoms with E-state index in [1.165, 1.54) is 5.56 Å². The largest absolute Gasteiger partial charge is 0.466 e. The molecule has 98 valence electrons. The quantitative estimate of drug-likeness (QED) is 0.620. The van der Waals surface area contributed by atoms with Crippen molar-refractivity contribution in [1.29, 1.82) is 0 Å². The third kappa shape index (κ3) is 3.84. The van der Waals surface area contributed by atoms with Crippen LogP contribution in [0.5, 0.6) is 0 Å². The van der Waals surface area contributed by atoms with Gasteiger partial charge in [-0.2, -0.15) is 0 Å². The summed E-state index contributed by atoms with van der Waals surface area (Å²) >= 11 is 0. The van der Waals surface area contributed by atoms with Gasteiger partial charge in [0.05, 0.1) is 13.0 Å². The summed E-state index contributed by atoms with van der Waals surface area (Å²) in [5.41, 5.74) is 7.01. The van der Waals surface area contributed by atoms with Crippen molar-refractivity contribution in [1.82, 2.24) is 0 Å². The summed E-state index contributed by atoms with van der Waals surface area (Å²) in [5.74, 6) is -0.148. The molecule has 0 heterocycles. The number of carbonyl (C=O) groups is 1. The second-order valence-corrected chi connectivity index (χ2v) is 5.20. The predicted octanol–water partition coefficient (Wildman–Crippen LogP) is 2.43. The number of hydrogen-bond acceptors (Lipinski definition) is 3. The maximum absolute atomic E-state index is 11.6. The SMILES string of the molecule is NC1(CC(=O)OCCCc2ccccc2)CCC1. The van der Waals surface area contributed by atoms with Gasteiger partial charge in [0.25, 0.3) is 0 Å². The minimum Gasteiger partial charge on any atom is -0.466 e. The smallest absolute Gasteiger partial charge is 0.307 e. The average Bonchev–Trinajstić information content (AvgIpc) is 2.34. The fraction of sp³-hybridized carbons (Fsp3) is 0.533. The van der Waals surface area contributed by atoms with E-state index in [1.54, 1.807) is 0 Å². The van der Waals surface area contributed by atoms with Gasteiger partial charge in [0.1, 0.15) is 0 Å². The molecule has 0 bridgehead atoms. The van der Waals surface area contributed by atoms with E-state index in [0.717, 1.165) is 32.1 Å². The van der Waals surface area contributed by atoms with E-state index in [2.05, 4.69) is 12.1 Å². The zero-order chi connectivity index (χ0) is 12.8. The molecule has 2 rings (SSSR count). The Bertz CT molecular complexity index is 385. The summed E-state index contributed by atoms with van der Waals surface area (Å²) in [6, 6.07) is 10.2. The normalized spacial score (nSPS) is 16.9. The molecule has 1 aromatic carbocycles. The Hall–Kier alpha value is -1.35. The van der Waals surface area contributed by atoms with E-state index in [-0.39, 0.29) is 11.5 Å². The van der Waals surface area contributed by atoms with Crippen molar-refractivity contribution in [2.45, 2.75) is 44.1 Å². The summed E-state index contributed by atoms with van der Waals surface area (Å²) < 4.78 is 5.22. The first-order chi connectivity index (χ1) is 8.68. The highest BCUT2D eigenvalue weighted by Gasteiger charge is 2.35. The van der Waals surface area contributed by atoms with Crippen LogP contribution in [0.15, 0.2) is 30.3 Å². The first-order valence-corrected chi connectivity index (χ1v) is 6.66. The minimum absolute atomic E-state index is 0.148. The molecule has 0 unspecified atom stereocenters. The van der Waals surface area contributed by atoms with Crippen molar-refractivity contribution >= 4 is 5.97 Å². The molecule has 1 fully saturated rings. The Morgan fingerprint density at radius 1 is 1.28 bits per heavy atom. The third-order valence-corrected chi connectivity index (χ3v) is 3.56. The number of nitrogens with two attached hydrogens (primary N) is 1. The summed E-state index contributed by atoms with van der Waals surface area (Å²) in [6.45, 7) is 0.490. The highest BCUT2D eigenvalue weighted by Crippen LogP contribution is 2.32. The van der Waals surface area contributed by atoms with Crippen molar-refractivity contribution in [3.63, 3.8) is 0 Å². The molecule has 0 spiro atoms. The summed E-state index contributed by atoms with van der Waals surface area (Å²) in [5, 5.41) is 0. The number of benzene rings is 1. The maximum atomic E-state index is 11.6. The number of rotatable bonds is 6. The van der Waals surface area contributed by atoms with Crippen molar-refractivity contribution in [3.05, 3.63) is 35.9 Å². The number of esters is 1. The van der Waals surface area contributed by atoms with Gasteiger partial charge in [0.2, 0.25) is 0 Å². The van der Waals surface area contributed by atoms with Gasteiger partial charge in [0, 0.05) is 5.54 Å². The van der Waals surface area contributed by atoms with E-state index in [1.807, 2.05) is 18.2 Å². The highest BCUT2D eigenvalue weighted by molar-refractivity contribution is 5.71. The second-order valence-electron chi connectivity index (χ2n) is 5.20.